The number of ether oxygens (including phenoxy) is 2. The Hall–Kier alpha value is -2.69. The second kappa shape index (κ2) is 13.5. The van der Waals surface area contributed by atoms with Crippen LogP contribution in [0.25, 0.3) is 0 Å². The van der Waals surface area contributed by atoms with Gasteiger partial charge in [-0.15, -0.1) is 0 Å². The van der Waals surface area contributed by atoms with Gasteiger partial charge in [-0.2, -0.15) is 0 Å². The number of carbonyl (C=O) groups is 1. The average Bonchev–Trinajstić information content (AvgIpc) is 2.74. The Morgan fingerprint density at radius 1 is 0.793 bits per heavy atom. The molecule has 0 spiro atoms. The van der Waals surface area contributed by atoms with E-state index in [-0.39, 0.29) is 12.5 Å². The van der Waals surface area contributed by atoms with Crippen molar-refractivity contribution in [3.63, 3.8) is 0 Å². The monoisotopic (exact) mass is 398 g/mol. The Balaban J connectivity index is 1.71. The minimum atomic E-state index is -0.102. The number of carbonyl (C=O) groups excluding carboxylic acids is 1. The zero-order valence-electron chi connectivity index (χ0n) is 17.7. The normalized spacial score (nSPS) is 10.4. The molecule has 0 aliphatic rings. The standard InChI is InChI=1S/C24H34N2O3/c1-3-5-6-7-8-17-29-23-11-9-10-21(18-23)25-19-24(27)26-20-12-14-22(15-13-20)28-16-4-2/h9-15,18,25H,3-8,16-17,19H2,1-2H3,(H,26,27). The number of amides is 1. The third-order valence-electron chi connectivity index (χ3n) is 4.41. The SMILES string of the molecule is CCCCCCCOc1cccc(NCC(=O)Nc2ccc(OCCC)cc2)c1. The van der Waals surface area contributed by atoms with Crippen LogP contribution in [0.3, 0.4) is 0 Å². The van der Waals surface area contributed by atoms with Crippen molar-refractivity contribution in [3.05, 3.63) is 48.5 Å². The summed E-state index contributed by atoms with van der Waals surface area (Å²) in [4.78, 5) is 12.2. The molecule has 29 heavy (non-hydrogen) atoms. The van der Waals surface area contributed by atoms with E-state index in [1.807, 2.05) is 48.5 Å². The molecule has 5 heteroatoms. The molecule has 0 aromatic heterocycles. The van der Waals surface area contributed by atoms with Gasteiger partial charge in [0.2, 0.25) is 5.91 Å². The Kier molecular flexibility index (Phi) is 10.5. The minimum Gasteiger partial charge on any atom is -0.494 e. The molecule has 2 aromatic rings. The first-order valence-electron chi connectivity index (χ1n) is 10.7. The Morgan fingerprint density at radius 3 is 2.31 bits per heavy atom. The van der Waals surface area contributed by atoms with E-state index in [9.17, 15) is 4.79 Å². The van der Waals surface area contributed by atoms with Gasteiger partial charge in [0.25, 0.3) is 0 Å². The fraction of sp³-hybridized carbons (Fsp3) is 0.458. The summed E-state index contributed by atoms with van der Waals surface area (Å²) in [6, 6.07) is 15.2. The number of benzene rings is 2. The molecule has 0 saturated heterocycles. The molecule has 5 nitrogen and oxygen atoms in total. The van der Waals surface area contributed by atoms with E-state index < -0.39 is 0 Å². The van der Waals surface area contributed by atoms with Crippen LogP contribution < -0.4 is 20.1 Å². The average molecular weight is 399 g/mol. The molecule has 2 N–H and O–H groups in total. The van der Waals surface area contributed by atoms with Crippen molar-refractivity contribution in [2.24, 2.45) is 0 Å². The van der Waals surface area contributed by atoms with Gasteiger partial charge in [-0.25, -0.2) is 0 Å². The molecule has 0 atom stereocenters. The first-order valence-corrected chi connectivity index (χ1v) is 10.7. The van der Waals surface area contributed by atoms with Crippen LogP contribution in [-0.4, -0.2) is 25.7 Å². The lowest BCUT2D eigenvalue weighted by Crippen LogP contribution is -2.21. The number of unbranched alkanes of at least 4 members (excludes halogenated alkanes) is 4. The van der Waals surface area contributed by atoms with Gasteiger partial charge >= 0.3 is 0 Å². The van der Waals surface area contributed by atoms with E-state index in [4.69, 9.17) is 9.47 Å². The lowest BCUT2D eigenvalue weighted by molar-refractivity contribution is -0.114. The van der Waals surface area contributed by atoms with Crippen molar-refractivity contribution < 1.29 is 14.3 Å². The largest absolute Gasteiger partial charge is 0.494 e. The summed E-state index contributed by atoms with van der Waals surface area (Å²) < 4.78 is 11.4. The van der Waals surface area contributed by atoms with Crippen molar-refractivity contribution in [2.45, 2.75) is 52.4 Å². The summed E-state index contributed by atoms with van der Waals surface area (Å²) in [7, 11) is 0. The molecular weight excluding hydrogens is 364 g/mol. The van der Waals surface area contributed by atoms with Crippen LogP contribution >= 0.6 is 0 Å². The molecule has 1 amide bonds. The van der Waals surface area contributed by atoms with Crippen LogP contribution in [0.4, 0.5) is 11.4 Å². The van der Waals surface area contributed by atoms with Crippen molar-refractivity contribution in [1.29, 1.82) is 0 Å². The predicted octanol–water partition coefficient (Wildman–Crippen LogP) is 5.88. The first-order chi connectivity index (χ1) is 14.2. The first kappa shape index (κ1) is 22.6. The van der Waals surface area contributed by atoms with Crippen molar-refractivity contribution in [3.8, 4) is 11.5 Å². The summed E-state index contributed by atoms with van der Waals surface area (Å²) >= 11 is 0. The second-order valence-corrected chi connectivity index (χ2v) is 7.07. The zero-order chi connectivity index (χ0) is 20.7. The maximum Gasteiger partial charge on any atom is 0.243 e. The van der Waals surface area contributed by atoms with Gasteiger partial charge in [-0.1, -0.05) is 45.6 Å². The maximum absolute atomic E-state index is 12.2. The van der Waals surface area contributed by atoms with Crippen LogP contribution in [0.1, 0.15) is 52.4 Å². The van der Waals surface area contributed by atoms with Crippen LogP contribution in [0.15, 0.2) is 48.5 Å². The molecule has 0 radical (unpaired) electrons. The van der Waals surface area contributed by atoms with Crippen molar-refractivity contribution in [1.82, 2.24) is 0 Å². The van der Waals surface area contributed by atoms with Crippen molar-refractivity contribution >= 4 is 17.3 Å². The van der Waals surface area contributed by atoms with E-state index in [0.717, 1.165) is 42.3 Å². The number of anilines is 2. The topological polar surface area (TPSA) is 59.6 Å². The molecule has 0 aliphatic carbocycles. The van der Waals surface area contributed by atoms with Gasteiger partial charge < -0.3 is 20.1 Å². The van der Waals surface area contributed by atoms with E-state index >= 15 is 0 Å². The van der Waals surface area contributed by atoms with E-state index in [2.05, 4.69) is 24.5 Å². The summed E-state index contributed by atoms with van der Waals surface area (Å²) in [5.74, 6) is 1.54. The Labute approximate surface area is 174 Å². The summed E-state index contributed by atoms with van der Waals surface area (Å²) in [5.41, 5.74) is 1.62. The van der Waals surface area contributed by atoms with Gasteiger partial charge in [-0.05, 0) is 49.2 Å². The number of rotatable bonds is 14. The highest BCUT2D eigenvalue weighted by Crippen LogP contribution is 2.18. The molecule has 0 unspecified atom stereocenters. The molecule has 2 aromatic carbocycles. The third-order valence-corrected chi connectivity index (χ3v) is 4.41. The fourth-order valence-electron chi connectivity index (χ4n) is 2.83. The zero-order valence-corrected chi connectivity index (χ0v) is 17.7. The minimum absolute atomic E-state index is 0.102. The highest BCUT2D eigenvalue weighted by atomic mass is 16.5. The summed E-state index contributed by atoms with van der Waals surface area (Å²) in [5, 5.41) is 6.03. The van der Waals surface area contributed by atoms with Crippen LogP contribution in [-0.2, 0) is 4.79 Å². The van der Waals surface area contributed by atoms with Gasteiger partial charge in [-0.3, -0.25) is 4.79 Å². The van der Waals surface area contributed by atoms with Gasteiger partial charge in [0.1, 0.15) is 11.5 Å². The quantitative estimate of drug-likeness (QED) is 0.390. The Bertz CT molecular complexity index is 716. The molecule has 0 heterocycles. The predicted molar refractivity (Wildman–Crippen MR) is 120 cm³/mol. The molecule has 0 fully saturated rings. The highest BCUT2D eigenvalue weighted by molar-refractivity contribution is 5.93. The smallest absolute Gasteiger partial charge is 0.243 e. The number of hydrogen-bond donors (Lipinski definition) is 2. The van der Waals surface area contributed by atoms with E-state index in [1.165, 1.54) is 25.7 Å². The lowest BCUT2D eigenvalue weighted by Gasteiger charge is -2.11. The molecule has 2 rings (SSSR count). The molecular formula is C24H34N2O3. The summed E-state index contributed by atoms with van der Waals surface area (Å²) in [6.07, 6.45) is 7.06. The van der Waals surface area contributed by atoms with Gasteiger partial charge in [0, 0.05) is 17.4 Å². The lowest BCUT2D eigenvalue weighted by atomic mass is 10.2. The van der Waals surface area contributed by atoms with Crippen molar-refractivity contribution in [2.75, 3.05) is 30.4 Å². The molecule has 158 valence electrons. The van der Waals surface area contributed by atoms with E-state index in [0.29, 0.717) is 6.61 Å². The molecule has 0 bridgehead atoms. The third kappa shape index (κ3) is 9.37. The van der Waals surface area contributed by atoms with Crippen LogP contribution in [0.2, 0.25) is 0 Å². The fourth-order valence-corrected chi connectivity index (χ4v) is 2.83. The van der Waals surface area contributed by atoms with Crippen LogP contribution in [0.5, 0.6) is 11.5 Å². The van der Waals surface area contributed by atoms with E-state index in [1.54, 1.807) is 0 Å². The maximum atomic E-state index is 12.2. The molecule has 0 aliphatic heterocycles. The molecule has 0 saturated carbocycles. The second-order valence-electron chi connectivity index (χ2n) is 7.07. The summed E-state index contributed by atoms with van der Waals surface area (Å²) in [6.45, 7) is 5.89. The van der Waals surface area contributed by atoms with Gasteiger partial charge in [0.15, 0.2) is 0 Å². The Morgan fingerprint density at radius 2 is 1.55 bits per heavy atom. The van der Waals surface area contributed by atoms with Gasteiger partial charge in [0.05, 0.1) is 19.8 Å². The number of hydrogen-bond acceptors (Lipinski definition) is 4. The van der Waals surface area contributed by atoms with Crippen LogP contribution in [0, 0.1) is 0 Å². The highest BCUT2D eigenvalue weighted by Gasteiger charge is 2.04. The number of nitrogens with one attached hydrogen (secondary N) is 2.